The Kier molecular flexibility index (Phi) is 5.50. The fourth-order valence-electron chi connectivity index (χ4n) is 2.77. The highest BCUT2D eigenvalue weighted by atomic mass is 32.2. The van der Waals surface area contributed by atoms with Gasteiger partial charge in [-0.25, -0.2) is 16.8 Å². The van der Waals surface area contributed by atoms with Crippen LogP contribution in [-0.2, 0) is 19.9 Å². The van der Waals surface area contributed by atoms with Crippen molar-refractivity contribution in [2.24, 2.45) is 11.7 Å². The number of hydrogen-bond donors (Lipinski definition) is 1. The van der Waals surface area contributed by atoms with Crippen molar-refractivity contribution in [3.05, 3.63) is 24.3 Å². The van der Waals surface area contributed by atoms with Crippen molar-refractivity contribution in [1.82, 2.24) is 4.31 Å². The lowest BCUT2D eigenvalue weighted by Gasteiger charge is -2.33. The fraction of sp³-hybridized carbons (Fsp3) is 0.600. The van der Waals surface area contributed by atoms with Crippen LogP contribution >= 0.6 is 0 Å². The number of hydrogen-bond acceptors (Lipinski definition) is 5. The summed E-state index contributed by atoms with van der Waals surface area (Å²) in [6, 6.07) is 5.53. The van der Waals surface area contributed by atoms with E-state index < -0.39 is 19.9 Å². The molecule has 2 unspecified atom stereocenters. The van der Waals surface area contributed by atoms with E-state index in [0.717, 1.165) is 12.8 Å². The van der Waals surface area contributed by atoms with Crippen molar-refractivity contribution >= 4 is 19.9 Å². The Labute approximate surface area is 138 Å². The Morgan fingerprint density at radius 3 is 2.52 bits per heavy atom. The van der Waals surface area contributed by atoms with Gasteiger partial charge in [0.05, 0.1) is 15.5 Å². The average molecular weight is 361 g/mol. The molecule has 1 saturated heterocycles. The van der Waals surface area contributed by atoms with Gasteiger partial charge < -0.3 is 5.73 Å². The van der Waals surface area contributed by atoms with Crippen LogP contribution in [0.25, 0.3) is 0 Å². The van der Waals surface area contributed by atoms with Crippen LogP contribution in [0.2, 0.25) is 0 Å². The van der Waals surface area contributed by atoms with Crippen molar-refractivity contribution in [2.45, 2.75) is 42.5 Å². The molecule has 1 fully saturated rings. The van der Waals surface area contributed by atoms with E-state index in [4.69, 9.17) is 5.73 Å². The number of sulfone groups is 1. The van der Waals surface area contributed by atoms with Crippen LogP contribution in [0.4, 0.5) is 0 Å². The highest BCUT2D eigenvalue weighted by Crippen LogP contribution is 2.26. The van der Waals surface area contributed by atoms with E-state index in [1.807, 2.05) is 6.92 Å². The van der Waals surface area contributed by atoms with Gasteiger partial charge >= 0.3 is 0 Å². The fourth-order valence-corrected chi connectivity index (χ4v) is 5.35. The molecule has 1 aliphatic rings. The summed E-state index contributed by atoms with van der Waals surface area (Å²) in [7, 11) is -7.15. The molecule has 1 heterocycles. The minimum Gasteiger partial charge on any atom is -0.328 e. The van der Waals surface area contributed by atoms with Crippen molar-refractivity contribution in [3.63, 3.8) is 0 Å². The summed E-state index contributed by atoms with van der Waals surface area (Å²) in [6.45, 7) is 4.24. The molecule has 1 aliphatic heterocycles. The van der Waals surface area contributed by atoms with E-state index in [1.165, 1.54) is 35.5 Å². The van der Waals surface area contributed by atoms with Gasteiger partial charge in [0.25, 0.3) is 0 Å². The number of piperidine rings is 1. The first-order chi connectivity index (χ1) is 10.7. The molecular formula is C15H24N2O4S2. The third-order valence-corrected chi connectivity index (χ3v) is 7.94. The molecule has 0 bridgehead atoms. The molecule has 8 heteroatoms. The molecule has 1 aromatic rings. The van der Waals surface area contributed by atoms with Crippen LogP contribution in [0.15, 0.2) is 34.1 Å². The SMILES string of the molecule is CCS(=O)(=O)c1cccc(S(=O)(=O)N2CCCC(C(C)N)C2)c1. The Morgan fingerprint density at radius 2 is 1.91 bits per heavy atom. The van der Waals surface area contributed by atoms with Crippen LogP contribution in [0.3, 0.4) is 0 Å². The molecule has 23 heavy (non-hydrogen) atoms. The van der Waals surface area contributed by atoms with Crippen LogP contribution in [0.5, 0.6) is 0 Å². The molecular weight excluding hydrogens is 336 g/mol. The molecule has 0 aromatic heterocycles. The van der Waals surface area contributed by atoms with E-state index in [9.17, 15) is 16.8 Å². The average Bonchev–Trinajstić information content (AvgIpc) is 2.55. The lowest BCUT2D eigenvalue weighted by Crippen LogP contribution is -2.44. The van der Waals surface area contributed by atoms with Gasteiger partial charge in [0.15, 0.2) is 9.84 Å². The van der Waals surface area contributed by atoms with Gasteiger partial charge in [0, 0.05) is 19.1 Å². The maximum atomic E-state index is 12.8. The first-order valence-corrected chi connectivity index (χ1v) is 10.9. The second-order valence-corrected chi connectivity index (χ2v) is 10.2. The Hall–Kier alpha value is -0.960. The van der Waals surface area contributed by atoms with E-state index in [2.05, 4.69) is 0 Å². The van der Waals surface area contributed by atoms with Crippen molar-refractivity contribution in [2.75, 3.05) is 18.8 Å². The molecule has 2 atom stereocenters. The smallest absolute Gasteiger partial charge is 0.243 e. The summed E-state index contributed by atoms with van der Waals surface area (Å²) in [5, 5.41) is 0. The zero-order chi connectivity index (χ0) is 17.3. The van der Waals surface area contributed by atoms with Crippen LogP contribution in [0, 0.1) is 5.92 Å². The van der Waals surface area contributed by atoms with E-state index >= 15 is 0 Å². The van der Waals surface area contributed by atoms with Crippen molar-refractivity contribution < 1.29 is 16.8 Å². The molecule has 0 saturated carbocycles. The summed E-state index contributed by atoms with van der Waals surface area (Å²) in [4.78, 5) is 0.0687. The predicted octanol–water partition coefficient (Wildman–Crippen LogP) is 1.23. The van der Waals surface area contributed by atoms with Gasteiger partial charge in [-0.3, -0.25) is 0 Å². The van der Waals surface area contributed by atoms with E-state index in [0.29, 0.717) is 13.1 Å². The second kappa shape index (κ2) is 6.88. The van der Waals surface area contributed by atoms with Crippen LogP contribution in [0.1, 0.15) is 26.7 Å². The lowest BCUT2D eigenvalue weighted by molar-refractivity contribution is 0.243. The summed E-state index contributed by atoms with van der Waals surface area (Å²) < 4.78 is 51.0. The minimum atomic E-state index is -3.71. The van der Waals surface area contributed by atoms with Gasteiger partial charge in [0.2, 0.25) is 10.0 Å². The molecule has 0 aliphatic carbocycles. The summed E-state index contributed by atoms with van der Waals surface area (Å²) in [5.74, 6) is 0.0635. The first kappa shape index (κ1) is 18.4. The number of sulfonamides is 1. The predicted molar refractivity (Wildman–Crippen MR) is 89.3 cm³/mol. The third kappa shape index (κ3) is 3.93. The first-order valence-electron chi connectivity index (χ1n) is 7.77. The molecule has 2 rings (SSSR count). The second-order valence-electron chi connectivity index (χ2n) is 6.00. The van der Waals surface area contributed by atoms with E-state index in [-0.39, 0.29) is 27.5 Å². The maximum Gasteiger partial charge on any atom is 0.243 e. The van der Waals surface area contributed by atoms with Gasteiger partial charge in [-0.1, -0.05) is 13.0 Å². The standard InChI is InChI=1S/C15H24N2O4S2/c1-3-22(18,19)14-7-4-8-15(10-14)23(20,21)17-9-5-6-13(11-17)12(2)16/h4,7-8,10,12-13H,3,5-6,9,11,16H2,1-2H3. The van der Waals surface area contributed by atoms with Crippen LogP contribution in [-0.4, -0.2) is 46.0 Å². The zero-order valence-electron chi connectivity index (χ0n) is 13.5. The molecule has 1 aromatic carbocycles. The highest BCUT2D eigenvalue weighted by Gasteiger charge is 2.32. The molecule has 130 valence electrons. The quantitative estimate of drug-likeness (QED) is 0.852. The number of nitrogens with two attached hydrogens (primary N) is 1. The minimum absolute atomic E-state index is 0.0253. The van der Waals surface area contributed by atoms with Gasteiger partial charge in [-0.05, 0) is 43.9 Å². The topological polar surface area (TPSA) is 97.5 Å². The Balaban J connectivity index is 2.35. The Bertz CT molecular complexity index is 757. The maximum absolute atomic E-state index is 12.8. The number of rotatable bonds is 5. The molecule has 0 amide bonds. The summed E-state index contributed by atoms with van der Waals surface area (Å²) in [5.41, 5.74) is 5.91. The third-order valence-electron chi connectivity index (χ3n) is 4.35. The largest absolute Gasteiger partial charge is 0.328 e. The normalized spacial score (nSPS) is 22.0. The number of benzene rings is 1. The molecule has 0 spiro atoms. The Morgan fingerprint density at radius 1 is 1.26 bits per heavy atom. The monoisotopic (exact) mass is 360 g/mol. The molecule has 2 N–H and O–H groups in total. The van der Waals surface area contributed by atoms with Gasteiger partial charge in [-0.2, -0.15) is 4.31 Å². The van der Waals surface area contributed by atoms with Gasteiger partial charge in [0.1, 0.15) is 0 Å². The summed E-state index contributed by atoms with van der Waals surface area (Å²) in [6.07, 6.45) is 1.67. The molecule has 0 radical (unpaired) electrons. The summed E-state index contributed by atoms with van der Waals surface area (Å²) >= 11 is 0. The van der Waals surface area contributed by atoms with Gasteiger partial charge in [-0.15, -0.1) is 0 Å². The zero-order valence-corrected chi connectivity index (χ0v) is 15.1. The number of nitrogens with zero attached hydrogens (tertiary/aromatic N) is 1. The lowest BCUT2D eigenvalue weighted by atomic mass is 9.93. The highest BCUT2D eigenvalue weighted by molar-refractivity contribution is 7.91. The molecule has 6 nitrogen and oxygen atoms in total. The van der Waals surface area contributed by atoms with Crippen molar-refractivity contribution in [1.29, 1.82) is 0 Å². The van der Waals surface area contributed by atoms with Crippen LogP contribution < -0.4 is 5.73 Å². The van der Waals surface area contributed by atoms with Crippen molar-refractivity contribution in [3.8, 4) is 0 Å². The van der Waals surface area contributed by atoms with E-state index in [1.54, 1.807) is 0 Å².